The SMILES string of the molecule is CC(C)(C)c1ccnc(-c2[c-]c(Oc3[c-]c(N4[CH-]n5nc(-c6ccccc6)nc5-c5ccccc54)cc(-c4ccccc4)c3)ccc2)c1.[Pt]. The van der Waals surface area contributed by atoms with Gasteiger partial charge in [-0.15, -0.1) is 47.5 Å². The molecule has 3 heterocycles. The van der Waals surface area contributed by atoms with E-state index in [-0.39, 0.29) is 26.5 Å². The predicted octanol–water partition coefficient (Wildman–Crippen LogP) is 10.1. The normalized spacial score (nSPS) is 11.9. The first-order valence-corrected chi connectivity index (χ1v) is 15.9. The molecule has 7 aromatic rings. The largest absolute Gasteiger partial charge is 0.503 e. The van der Waals surface area contributed by atoms with Crippen LogP contribution < -0.4 is 9.64 Å². The van der Waals surface area contributed by atoms with E-state index in [2.05, 4.69) is 85.3 Å². The summed E-state index contributed by atoms with van der Waals surface area (Å²) in [5.41, 5.74) is 8.72. The van der Waals surface area contributed by atoms with Gasteiger partial charge < -0.3 is 24.3 Å². The van der Waals surface area contributed by atoms with E-state index in [1.807, 2.05) is 102 Å². The minimum absolute atomic E-state index is 0. The molecule has 0 unspecified atom stereocenters. The Balaban J connectivity index is 0.00000378. The van der Waals surface area contributed by atoms with Crippen LogP contribution in [0.1, 0.15) is 26.3 Å². The van der Waals surface area contributed by atoms with Gasteiger partial charge in [0.2, 0.25) is 0 Å². The van der Waals surface area contributed by atoms with E-state index >= 15 is 0 Å². The fourth-order valence-electron chi connectivity index (χ4n) is 5.86. The second-order valence-electron chi connectivity index (χ2n) is 12.8. The van der Waals surface area contributed by atoms with Crippen molar-refractivity contribution in [2.24, 2.45) is 0 Å². The fourth-order valence-corrected chi connectivity index (χ4v) is 5.86. The zero-order valence-corrected chi connectivity index (χ0v) is 29.5. The summed E-state index contributed by atoms with van der Waals surface area (Å²) in [6, 6.07) is 49.8. The summed E-state index contributed by atoms with van der Waals surface area (Å²) in [6.07, 6.45) is 1.86. The first-order valence-electron chi connectivity index (χ1n) is 15.9. The first kappa shape index (κ1) is 32.1. The molecule has 1 aliphatic heterocycles. The Morgan fingerprint density at radius 1 is 0.694 bits per heavy atom. The van der Waals surface area contributed by atoms with Gasteiger partial charge in [0.25, 0.3) is 0 Å². The molecule has 0 atom stereocenters. The average molecular weight is 818 g/mol. The van der Waals surface area contributed by atoms with Gasteiger partial charge in [-0.1, -0.05) is 124 Å². The van der Waals surface area contributed by atoms with E-state index in [0.717, 1.165) is 50.7 Å². The van der Waals surface area contributed by atoms with Gasteiger partial charge in [0.1, 0.15) is 0 Å². The molecule has 244 valence electrons. The molecule has 0 saturated carbocycles. The van der Waals surface area contributed by atoms with Gasteiger partial charge in [-0.2, -0.15) is 5.10 Å². The van der Waals surface area contributed by atoms with Crippen molar-refractivity contribution in [2.75, 3.05) is 4.90 Å². The smallest absolute Gasteiger partial charge is 0.160 e. The number of hydrogen-bond donors (Lipinski definition) is 0. The number of fused-ring (bicyclic) bond motifs is 3. The Morgan fingerprint density at radius 2 is 1.43 bits per heavy atom. The number of rotatable bonds is 6. The molecule has 2 aromatic heterocycles. The van der Waals surface area contributed by atoms with E-state index in [1.165, 1.54) is 5.56 Å². The fraction of sp³-hybridized carbons (Fsp3) is 0.0952. The number of nitrogens with zero attached hydrogens (tertiary/aromatic N) is 5. The van der Waals surface area contributed by atoms with Crippen LogP contribution in [0.2, 0.25) is 0 Å². The summed E-state index contributed by atoms with van der Waals surface area (Å²) in [4.78, 5) is 11.7. The number of anilines is 2. The van der Waals surface area contributed by atoms with E-state index in [4.69, 9.17) is 14.8 Å². The van der Waals surface area contributed by atoms with Gasteiger partial charge in [0.15, 0.2) is 5.82 Å². The van der Waals surface area contributed by atoms with Crippen molar-refractivity contribution in [3.05, 3.63) is 158 Å². The van der Waals surface area contributed by atoms with Crippen LogP contribution in [0.15, 0.2) is 134 Å². The van der Waals surface area contributed by atoms with E-state index in [1.54, 1.807) is 0 Å². The molecule has 0 amide bonds. The van der Waals surface area contributed by atoms with E-state index < -0.39 is 0 Å². The molecule has 0 radical (unpaired) electrons. The van der Waals surface area contributed by atoms with E-state index in [0.29, 0.717) is 17.3 Å². The van der Waals surface area contributed by atoms with Gasteiger partial charge in [-0.25, -0.2) is 0 Å². The number of aromatic nitrogens is 4. The maximum absolute atomic E-state index is 6.54. The number of benzene rings is 5. The maximum atomic E-state index is 6.54. The first-order chi connectivity index (χ1) is 23.4. The minimum Gasteiger partial charge on any atom is -0.503 e. The summed E-state index contributed by atoms with van der Waals surface area (Å²) < 4.78 is 8.37. The van der Waals surface area contributed by atoms with Crippen LogP contribution in [0.5, 0.6) is 11.5 Å². The zero-order chi connectivity index (χ0) is 32.7. The van der Waals surface area contributed by atoms with Crippen molar-refractivity contribution in [3.8, 4) is 56.7 Å². The standard InChI is InChI=1S/C42H32N5O.Pt/c1-42(2,3)33-21-22-43-38(26-33)31-17-12-18-35(24-31)48-36-25-32(29-13-6-4-7-14-29)23-34(27-36)46-28-47-41(37-19-10-11-20-39(37)46)44-40(45-47)30-15-8-5-9-16-30;/h4-23,25-26,28H,1-3H3;/q-3;. The molecule has 5 aromatic carbocycles. The second kappa shape index (κ2) is 13.2. The molecule has 0 bridgehead atoms. The van der Waals surface area contributed by atoms with E-state index in [9.17, 15) is 0 Å². The molecular weight excluding hydrogens is 786 g/mol. The van der Waals surface area contributed by atoms with Gasteiger partial charge in [-0.05, 0) is 39.9 Å². The Bertz CT molecular complexity index is 2240. The molecule has 1 aliphatic rings. The van der Waals surface area contributed by atoms with Crippen molar-refractivity contribution >= 4 is 11.4 Å². The molecule has 0 N–H and O–H groups in total. The Morgan fingerprint density at radius 3 is 2.20 bits per heavy atom. The van der Waals surface area contributed by atoms with Gasteiger partial charge in [-0.3, -0.25) is 0 Å². The Labute approximate surface area is 301 Å². The van der Waals surface area contributed by atoms with Crippen LogP contribution in [0.25, 0.3) is 45.2 Å². The topological polar surface area (TPSA) is 56.1 Å². The molecule has 0 spiro atoms. The predicted molar refractivity (Wildman–Crippen MR) is 191 cm³/mol. The molecule has 0 fully saturated rings. The molecule has 0 aliphatic carbocycles. The number of hydrogen-bond acceptors (Lipinski definition) is 5. The van der Waals surface area contributed by atoms with Crippen LogP contribution in [-0.4, -0.2) is 19.7 Å². The van der Waals surface area contributed by atoms with Crippen LogP contribution in [0, 0.1) is 18.8 Å². The summed E-state index contributed by atoms with van der Waals surface area (Å²) in [5.74, 6) is 2.60. The quantitative estimate of drug-likeness (QED) is 0.157. The zero-order valence-electron chi connectivity index (χ0n) is 27.2. The number of para-hydroxylation sites is 1. The van der Waals surface area contributed by atoms with Crippen LogP contribution in [0.3, 0.4) is 0 Å². The molecule has 49 heavy (non-hydrogen) atoms. The van der Waals surface area contributed by atoms with Crippen LogP contribution >= 0.6 is 0 Å². The third kappa shape index (κ3) is 6.52. The van der Waals surface area contributed by atoms with Gasteiger partial charge in [0, 0.05) is 55.8 Å². The van der Waals surface area contributed by atoms with Crippen molar-refractivity contribution in [1.82, 2.24) is 19.7 Å². The van der Waals surface area contributed by atoms with Crippen molar-refractivity contribution in [3.63, 3.8) is 0 Å². The summed E-state index contributed by atoms with van der Waals surface area (Å²) in [7, 11) is 0. The molecular formula is C42H32N5OPt-3. The third-order valence-corrected chi connectivity index (χ3v) is 8.38. The van der Waals surface area contributed by atoms with Crippen LogP contribution in [0.4, 0.5) is 11.4 Å². The van der Waals surface area contributed by atoms with Crippen molar-refractivity contribution in [1.29, 1.82) is 0 Å². The Kier molecular flexibility index (Phi) is 8.66. The monoisotopic (exact) mass is 817 g/mol. The molecule has 8 rings (SSSR count). The second-order valence-corrected chi connectivity index (χ2v) is 12.8. The number of ether oxygens (including phenoxy) is 1. The van der Waals surface area contributed by atoms with Gasteiger partial charge >= 0.3 is 0 Å². The molecule has 6 nitrogen and oxygen atoms in total. The Hall–Kier alpha value is -5.45. The summed E-state index contributed by atoms with van der Waals surface area (Å²) in [5, 5.41) is 4.88. The number of pyridine rings is 1. The molecule has 7 heteroatoms. The maximum Gasteiger partial charge on any atom is 0.160 e. The van der Waals surface area contributed by atoms with Gasteiger partial charge in [0.05, 0.1) is 0 Å². The summed E-state index contributed by atoms with van der Waals surface area (Å²) >= 11 is 0. The molecule has 0 saturated heterocycles. The average Bonchev–Trinajstić information content (AvgIpc) is 3.57. The van der Waals surface area contributed by atoms with Crippen molar-refractivity contribution < 1.29 is 25.8 Å². The van der Waals surface area contributed by atoms with Crippen molar-refractivity contribution in [2.45, 2.75) is 26.2 Å². The minimum atomic E-state index is 0. The third-order valence-electron chi connectivity index (χ3n) is 8.38. The van der Waals surface area contributed by atoms with Crippen LogP contribution in [-0.2, 0) is 26.5 Å². The summed E-state index contributed by atoms with van der Waals surface area (Å²) in [6.45, 7) is 8.56.